The molecule has 1 atom stereocenters. The van der Waals surface area contributed by atoms with E-state index in [1.165, 1.54) is 6.07 Å². The van der Waals surface area contributed by atoms with Gasteiger partial charge in [0.25, 0.3) is 5.69 Å². The smallest absolute Gasteiger partial charge is 0.302 e. The molecule has 0 aliphatic carbocycles. The van der Waals surface area contributed by atoms with Gasteiger partial charge in [0.15, 0.2) is 0 Å². The summed E-state index contributed by atoms with van der Waals surface area (Å²) in [4.78, 5) is 26.3. The highest BCUT2D eigenvalue weighted by Crippen LogP contribution is 2.32. The fraction of sp³-hybridized carbons (Fsp3) is 0.0667. The van der Waals surface area contributed by atoms with Crippen molar-refractivity contribution in [1.82, 2.24) is 0 Å². The normalized spacial score (nSPS) is 17.1. The third-order valence-corrected chi connectivity index (χ3v) is 3.81. The Bertz CT molecular complexity index is 883. The maximum Gasteiger partial charge on any atom is 0.302 e. The van der Waals surface area contributed by atoms with Crippen molar-refractivity contribution in [1.29, 1.82) is 0 Å². The van der Waals surface area contributed by atoms with E-state index >= 15 is 0 Å². The van der Waals surface area contributed by atoms with Crippen LogP contribution in [0.25, 0.3) is 0 Å². The van der Waals surface area contributed by atoms with Gasteiger partial charge in [0.1, 0.15) is 0 Å². The van der Waals surface area contributed by atoms with Gasteiger partial charge in [0.2, 0.25) is 6.23 Å². The number of aliphatic imine (C=N–C) groups is 1. The summed E-state index contributed by atoms with van der Waals surface area (Å²) in [5, 5.41) is 31.4. The summed E-state index contributed by atoms with van der Waals surface area (Å²) >= 11 is 6.14. The molecule has 24 heavy (non-hydrogen) atoms. The zero-order valence-corrected chi connectivity index (χ0v) is 12.7. The standard InChI is InChI=1S/C15H10ClN3O5/c16-11-4-2-1-3-9(11)13-10-7-8(19(23)24)5-6-12(10)18(22)15(21)14(20)17-13/h1-7,14,20,22H. The van der Waals surface area contributed by atoms with Gasteiger partial charge < -0.3 is 5.11 Å². The monoisotopic (exact) mass is 347 g/mol. The number of hydrogen-bond donors (Lipinski definition) is 2. The van der Waals surface area contributed by atoms with Crippen LogP contribution in [-0.4, -0.2) is 33.1 Å². The SMILES string of the molecule is O=C1C(O)N=C(c2ccccc2Cl)c2cc([N+](=O)[O-])ccc2N1O. The maximum atomic E-state index is 11.9. The lowest BCUT2D eigenvalue weighted by Gasteiger charge is -2.16. The number of hydroxylamine groups is 1. The van der Waals surface area contributed by atoms with Crippen LogP contribution >= 0.6 is 11.6 Å². The predicted molar refractivity (Wildman–Crippen MR) is 85.5 cm³/mol. The Morgan fingerprint density at radius 3 is 2.58 bits per heavy atom. The van der Waals surface area contributed by atoms with Gasteiger partial charge in [0, 0.05) is 28.3 Å². The summed E-state index contributed by atoms with van der Waals surface area (Å²) in [6.45, 7) is 0. The number of halogens is 1. The molecule has 0 aromatic heterocycles. The van der Waals surface area contributed by atoms with Gasteiger partial charge in [-0.2, -0.15) is 5.06 Å². The first-order valence-corrected chi connectivity index (χ1v) is 7.10. The summed E-state index contributed by atoms with van der Waals surface area (Å²) in [5.74, 6) is -1.08. The Morgan fingerprint density at radius 2 is 1.92 bits per heavy atom. The third kappa shape index (κ3) is 2.62. The number of hydrogen-bond acceptors (Lipinski definition) is 6. The Hall–Kier alpha value is -2.81. The lowest BCUT2D eigenvalue weighted by atomic mass is 10.00. The second kappa shape index (κ2) is 6.00. The van der Waals surface area contributed by atoms with E-state index in [-0.39, 0.29) is 32.7 Å². The van der Waals surface area contributed by atoms with Gasteiger partial charge in [-0.1, -0.05) is 29.8 Å². The molecule has 2 N–H and O–H groups in total. The minimum atomic E-state index is -1.87. The number of nitro benzene ring substituents is 1. The number of benzene rings is 2. The van der Waals surface area contributed by atoms with E-state index in [2.05, 4.69) is 4.99 Å². The quantitative estimate of drug-likeness (QED) is 0.490. The molecule has 1 aliphatic rings. The predicted octanol–water partition coefficient (Wildman–Crippen LogP) is 2.14. The molecule has 9 heteroatoms. The van der Waals surface area contributed by atoms with Crippen molar-refractivity contribution in [3.63, 3.8) is 0 Å². The number of benzodiazepines with no additional fused rings is 1. The van der Waals surface area contributed by atoms with Crippen LogP contribution in [-0.2, 0) is 4.79 Å². The van der Waals surface area contributed by atoms with Crippen LogP contribution in [0.2, 0.25) is 5.02 Å². The zero-order valence-electron chi connectivity index (χ0n) is 12.0. The Balaban J connectivity index is 2.32. The first kappa shape index (κ1) is 16.1. The number of nitrogens with zero attached hydrogens (tertiary/aromatic N) is 3. The highest BCUT2D eigenvalue weighted by Gasteiger charge is 2.31. The molecule has 122 valence electrons. The number of carbonyl (C=O) groups excluding carboxylic acids is 1. The Labute approximate surface area is 140 Å². The lowest BCUT2D eigenvalue weighted by molar-refractivity contribution is -0.384. The number of nitro groups is 1. The summed E-state index contributed by atoms with van der Waals surface area (Å²) in [6.07, 6.45) is -1.87. The van der Waals surface area contributed by atoms with Gasteiger partial charge >= 0.3 is 5.91 Å². The minimum absolute atomic E-state index is 0.0409. The fourth-order valence-electron chi connectivity index (χ4n) is 2.35. The van der Waals surface area contributed by atoms with Crippen molar-refractivity contribution in [2.45, 2.75) is 6.23 Å². The number of fused-ring (bicyclic) bond motifs is 1. The van der Waals surface area contributed by atoms with Crippen LogP contribution < -0.4 is 5.06 Å². The van der Waals surface area contributed by atoms with Crippen LogP contribution in [0.4, 0.5) is 11.4 Å². The summed E-state index contributed by atoms with van der Waals surface area (Å²) in [7, 11) is 0. The van der Waals surface area contributed by atoms with Crippen molar-refractivity contribution in [3.05, 3.63) is 68.7 Å². The van der Waals surface area contributed by atoms with E-state index in [4.69, 9.17) is 11.6 Å². The Morgan fingerprint density at radius 1 is 1.21 bits per heavy atom. The highest BCUT2D eigenvalue weighted by atomic mass is 35.5. The number of aliphatic hydroxyl groups is 1. The van der Waals surface area contributed by atoms with Crippen LogP contribution in [0.3, 0.4) is 0 Å². The van der Waals surface area contributed by atoms with Crippen molar-refractivity contribution in [2.24, 2.45) is 4.99 Å². The fourth-order valence-corrected chi connectivity index (χ4v) is 2.58. The summed E-state index contributed by atoms with van der Waals surface area (Å²) in [6, 6.07) is 10.0. The van der Waals surface area contributed by atoms with Crippen LogP contribution in [0.15, 0.2) is 47.5 Å². The largest absolute Gasteiger partial charge is 0.364 e. The molecule has 0 saturated heterocycles. The lowest BCUT2D eigenvalue weighted by Crippen LogP contribution is -2.35. The highest BCUT2D eigenvalue weighted by molar-refractivity contribution is 6.36. The molecule has 2 aromatic rings. The second-order valence-corrected chi connectivity index (χ2v) is 5.35. The van der Waals surface area contributed by atoms with Crippen LogP contribution in [0.1, 0.15) is 11.1 Å². The number of aliphatic hydroxyl groups excluding tert-OH is 1. The molecule has 1 heterocycles. The maximum absolute atomic E-state index is 11.9. The van der Waals surface area contributed by atoms with E-state index in [9.17, 15) is 25.2 Å². The van der Waals surface area contributed by atoms with Crippen molar-refractivity contribution in [3.8, 4) is 0 Å². The molecule has 3 rings (SSSR count). The van der Waals surface area contributed by atoms with E-state index < -0.39 is 17.1 Å². The summed E-state index contributed by atoms with van der Waals surface area (Å²) < 4.78 is 0. The molecular formula is C15H10ClN3O5. The van der Waals surface area contributed by atoms with Gasteiger partial charge in [-0.05, 0) is 12.1 Å². The molecule has 0 radical (unpaired) electrons. The molecule has 0 saturated carbocycles. The molecule has 1 aliphatic heterocycles. The van der Waals surface area contributed by atoms with E-state index in [1.54, 1.807) is 24.3 Å². The minimum Gasteiger partial charge on any atom is -0.364 e. The van der Waals surface area contributed by atoms with Crippen molar-refractivity contribution >= 4 is 34.6 Å². The molecule has 0 spiro atoms. The molecule has 8 nitrogen and oxygen atoms in total. The topological polar surface area (TPSA) is 116 Å². The Kier molecular flexibility index (Phi) is 4.02. The van der Waals surface area contributed by atoms with Gasteiger partial charge in [-0.15, -0.1) is 0 Å². The first-order chi connectivity index (χ1) is 11.4. The molecule has 1 unspecified atom stereocenters. The number of anilines is 1. The average Bonchev–Trinajstić information content (AvgIpc) is 2.66. The molecule has 2 aromatic carbocycles. The average molecular weight is 348 g/mol. The van der Waals surface area contributed by atoms with Crippen molar-refractivity contribution in [2.75, 3.05) is 5.06 Å². The van der Waals surface area contributed by atoms with Gasteiger partial charge in [0.05, 0.1) is 16.3 Å². The third-order valence-electron chi connectivity index (χ3n) is 3.48. The van der Waals surface area contributed by atoms with E-state index in [0.717, 1.165) is 12.1 Å². The number of amides is 1. The van der Waals surface area contributed by atoms with Crippen LogP contribution in [0, 0.1) is 10.1 Å². The van der Waals surface area contributed by atoms with Gasteiger partial charge in [-0.3, -0.25) is 20.1 Å². The molecule has 1 amide bonds. The number of non-ortho nitro benzene ring substituents is 1. The van der Waals surface area contributed by atoms with E-state index in [0.29, 0.717) is 5.56 Å². The van der Waals surface area contributed by atoms with E-state index in [1.807, 2.05) is 0 Å². The van der Waals surface area contributed by atoms with Gasteiger partial charge in [-0.25, -0.2) is 4.99 Å². The van der Waals surface area contributed by atoms with Crippen molar-refractivity contribution < 1.29 is 20.0 Å². The second-order valence-electron chi connectivity index (χ2n) is 4.94. The molecular weight excluding hydrogens is 338 g/mol. The number of rotatable bonds is 2. The molecule has 0 fully saturated rings. The number of carbonyl (C=O) groups is 1. The first-order valence-electron chi connectivity index (χ1n) is 6.72. The molecule has 0 bridgehead atoms. The summed E-state index contributed by atoms with van der Waals surface area (Å²) in [5.41, 5.74) is 0.232. The van der Waals surface area contributed by atoms with Crippen LogP contribution in [0.5, 0.6) is 0 Å². The zero-order chi connectivity index (χ0) is 17.4.